The number of hydrogen-bond donors (Lipinski definition) is 2. The SMILES string of the molecule is COc1cc(CNC(=O)c2ccc(N)c([N+](=O)[O-])c2)ccc1OC(F)F. The number of halogens is 2. The summed E-state index contributed by atoms with van der Waals surface area (Å²) in [5.41, 5.74) is 5.69. The third-order valence-corrected chi connectivity index (χ3v) is 3.39. The summed E-state index contributed by atoms with van der Waals surface area (Å²) in [7, 11) is 1.30. The molecule has 0 unspecified atom stereocenters. The predicted molar refractivity (Wildman–Crippen MR) is 88.3 cm³/mol. The summed E-state index contributed by atoms with van der Waals surface area (Å²) < 4.78 is 33.9. The van der Waals surface area contributed by atoms with E-state index in [4.69, 9.17) is 10.5 Å². The average Bonchev–Trinajstić information content (AvgIpc) is 2.60. The minimum Gasteiger partial charge on any atom is -0.493 e. The smallest absolute Gasteiger partial charge is 0.387 e. The Kier molecular flexibility index (Phi) is 5.89. The lowest BCUT2D eigenvalue weighted by molar-refractivity contribution is -0.383. The molecule has 0 aliphatic heterocycles. The van der Waals surface area contributed by atoms with Crippen molar-refractivity contribution in [1.29, 1.82) is 0 Å². The molecule has 0 saturated heterocycles. The van der Waals surface area contributed by atoms with Gasteiger partial charge in [-0.25, -0.2) is 0 Å². The molecule has 1 amide bonds. The first-order chi connectivity index (χ1) is 12.3. The minimum atomic E-state index is -2.99. The van der Waals surface area contributed by atoms with Gasteiger partial charge < -0.3 is 20.5 Å². The maximum absolute atomic E-state index is 12.3. The Morgan fingerprint density at radius 1 is 1.27 bits per heavy atom. The van der Waals surface area contributed by atoms with Crippen LogP contribution in [0.25, 0.3) is 0 Å². The number of nitrogens with one attached hydrogen (secondary N) is 1. The molecule has 0 radical (unpaired) electrons. The molecule has 0 aliphatic carbocycles. The molecule has 0 atom stereocenters. The van der Waals surface area contributed by atoms with Crippen LogP contribution in [0.15, 0.2) is 36.4 Å². The first kappa shape index (κ1) is 18.9. The minimum absolute atomic E-state index is 0.0440. The van der Waals surface area contributed by atoms with E-state index in [9.17, 15) is 23.7 Å². The topological polar surface area (TPSA) is 117 Å². The summed E-state index contributed by atoms with van der Waals surface area (Å²) in [6.45, 7) is -2.95. The van der Waals surface area contributed by atoms with Gasteiger partial charge in [-0.3, -0.25) is 14.9 Å². The summed E-state index contributed by atoms with van der Waals surface area (Å²) in [5.74, 6) is -0.605. The highest BCUT2D eigenvalue weighted by Gasteiger charge is 2.16. The zero-order valence-corrected chi connectivity index (χ0v) is 13.6. The zero-order chi connectivity index (χ0) is 19.3. The Morgan fingerprint density at radius 2 is 2.00 bits per heavy atom. The number of nitrogen functional groups attached to an aromatic ring is 1. The summed E-state index contributed by atoms with van der Waals surface area (Å²) in [4.78, 5) is 22.3. The molecular weight excluding hydrogens is 352 g/mol. The average molecular weight is 367 g/mol. The number of carbonyl (C=O) groups is 1. The van der Waals surface area contributed by atoms with E-state index in [1.165, 1.54) is 37.4 Å². The van der Waals surface area contributed by atoms with E-state index in [0.29, 0.717) is 5.56 Å². The maximum atomic E-state index is 12.3. The van der Waals surface area contributed by atoms with Gasteiger partial charge in [0.1, 0.15) is 5.69 Å². The first-order valence-corrected chi connectivity index (χ1v) is 7.25. The summed E-state index contributed by atoms with van der Waals surface area (Å²) in [6, 6.07) is 7.91. The zero-order valence-electron chi connectivity index (χ0n) is 13.6. The maximum Gasteiger partial charge on any atom is 0.387 e. The number of amides is 1. The van der Waals surface area contributed by atoms with E-state index in [-0.39, 0.29) is 35.0 Å². The lowest BCUT2D eigenvalue weighted by Crippen LogP contribution is -2.23. The number of anilines is 1. The predicted octanol–water partition coefficient (Wildman–Crippen LogP) is 2.72. The molecule has 0 saturated carbocycles. The summed E-state index contributed by atoms with van der Waals surface area (Å²) >= 11 is 0. The molecule has 2 aromatic carbocycles. The van der Waals surface area contributed by atoms with Gasteiger partial charge in [-0.15, -0.1) is 0 Å². The molecule has 26 heavy (non-hydrogen) atoms. The highest BCUT2D eigenvalue weighted by molar-refractivity contribution is 5.95. The van der Waals surface area contributed by atoms with Crippen LogP contribution < -0.4 is 20.5 Å². The second kappa shape index (κ2) is 8.10. The van der Waals surface area contributed by atoms with Gasteiger partial charge in [0.15, 0.2) is 11.5 Å². The molecular formula is C16H15F2N3O5. The van der Waals surface area contributed by atoms with Crippen LogP contribution >= 0.6 is 0 Å². The van der Waals surface area contributed by atoms with E-state index in [0.717, 1.165) is 6.07 Å². The molecule has 0 heterocycles. The lowest BCUT2D eigenvalue weighted by Gasteiger charge is -2.12. The van der Waals surface area contributed by atoms with Gasteiger partial charge in [-0.05, 0) is 29.8 Å². The van der Waals surface area contributed by atoms with E-state index in [1.807, 2.05) is 0 Å². The van der Waals surface area contributed by atoms with Crippen LogP contribution in [0.5, 0.6) is 11.5 Å². The van der Waals surface area contributed by atoms with Gasteiger partial charge >= 0.3 is 6.61 Å². The third-order valence-electron chi connectivity index (χ3n) is 3.39. The summed E-state index contributed by atoms with van der Waals surface area (Å²) in [5, 5.41) is 13.4. The van der Waals surface area contributed by atoms with Gasteiger partial charge in [0.2, 0.25) is 0 Å². The van der Waals surface area contributed by atoms with Crippen LogP contribution in [0.2, 0.25) is 0 Å². The van der Waals surface area contributed by atoms with Crippen LogP contribution in [-0.2, 0) is 6.54 Å². The number of hydrogen-bond acceptors (Lipinski definition) is 6. The third kappa shape index (κ3) is 4.56. The fraction of sp³-hybridized carbons (Fsp3) is 0.188. The largest absolute Gasteiger partial charge is 0.493 e. The number of nitrogens with two attached hydrogens (primary N) is 1. The van der Waals surface area contributed by atoms with Crippen molar-refractivity contribution in [2.45, 2.75) is 13.2 Å². The second-order valence-electron chi connectivity index (χ2n) is 5.08. The molecule has 3 N–H and O–H groups in total. The Balaban J connectivity index is 2.10. The van der Waals surface area contributed by atoms with Crippen LogP contribution in [0.3, 0.4) is 0 Å². The van der Waals surface area contributed by atoms with Gasteiger partial charge in [0.25, 0.3) is 11.6 Å². The number of benzene rings is 2. The summed E-state index contributed by atoms with van der Waals surface area (Å²) in [6.07, 6.45) is 0. The first-order valence-electron chi connectivity index (χ1n) is 7.25. The normalized spacial score (nSPS) is 10.5. The molecule has 0 spiro atoms. The van der Waals surface area contributed by atoms with Crippen molar-refractivity contribution in [1.82, 2.24) is 5.32 Å². The molecule has 2 rings (SSSR count). The van der Waals surface area contributed by atoms with E-state index >= 15 is 0 Å². The van der Waals surface area contributed by atoms with Gasteiger partial charge in [0, 0.05) is 18.2 Å². The number of nitrogens with zero attached hydrogens (tertiary/aromatic N) is 1. The van der Waals surface area contributed by atoms with Crippen molar-refractivity contribution in [2.24, 2.45) is 0 Å². The lowest BCUT2D eigenvalue weighted by atomic mass is 10.1. The number of ether oxygens (including phenoxy) is 2. The number of carbonyl (C=O) groups excluding carboxylic acids is 1. The quantitative estimate of drug-likeness (QED) is 0.441. The van der Waals surface area contributed by atoms with Crippen LogP contribution in [0.1, 0.15) is 15.9 Å². The van der Waals surface area contributed by atoms with Crippen LogP contribution in [-0.4, -0.2) is 24.6 Å². The fourth-order valence-electron chi connectivity index (χ4n) is 2.14. The Morgan fingerprint density at radius 3 is 2.62 bits per heavy atom. The van der Waals surface area contributed by atoms with E-state index in [1.54, 1.807) is 0 Å². The molecule has 10 heteroatoms. The Hall–Kier alpha value is -3.43. The number of alkyl halides is 2. The van der Waals surface area contributed by atoms with E-state index in [2.05, 4.69) is 10.1 Å². The monoisotopic (exact) mass is 367 g/mol. The van der Waals surface area contributed by atoms with Gasteiger partial charge in [-0.2, -0.15) is 8.78 Å². The number of rotatable bonds is 7. The van der Waals surface area contributed by atoms with Crippen molar-refractivity contribution < 1.29 is 28.0 Å². The van der Waals surface area contributed by atoms with Gasteiger partial charge in [-0.1, -0.05) is 6.07 Å². The molecule has 0 bridgehead atoms. The molecule has 2 aromatic rings. The standard InChI is InChI=1S/C16H15F2N3O5/c1-25-14-6-9(2-5-13(14)26-16(17)18)8-20-15(22)10-3-4-11(19)12(7-10)21(23)24/h2-7,16H,8,19H2,1H3,(H,20,22). The van der Waals surface area contributed by atoms with Crippen molar-refractivity contribution in [3.8, 4) is 11.5 Å². The Bertz CT molecular complexity index is 830. The van der Waals surface area contributed by atoms with E-state index < -0.39 is 17.4 Å². The number of methoxy groups -OCH3 is 1. The molecule has 0 aromatic heterocycles. The van der Waals surface area contributed by atoms with Crippen molar-refractivity contribution in [3.05, 3.63) is 57.6 Å². The Labute approximate surface area is 146 Å². The second-order valence-corrected chi connectivity index (χ2v) is 5.08. The van der Waals surface area contributed by atoms with Crippen molar-refractivity contribution in [2.75, 3.05) is 12.8 Å². The highest BCUT2D eigenvalue weighted by atomic mass is 19.3. The number of nitro benzene ring substituents is 1. The molecule has 138 valence electrons. The van der Waals surface area contributed by atoms with Crippen LogP contribution in [0.4, 0.5) is 20.2 Å². The van der Waals surface area contributed by atoms with Crippen molar-refractivity contribution in [3.63, 3.8) is 0 Å². The highest BCUT2D eigenvalue weighted by Crippen LogP contribution is 2.29. The number of nitro groups is 1. The fourth-order valence-corrected chi connectivity index (χ4v) is 2.14. The molecule has 0 fully saturated rings. The van der Waals surface area contributed by atoms with Crippen LogP contribution in [0, 0.1) is 10.1 Å². The van der Waals surface area contributed by atoms with Gasteiger partial charge in [0.05, 0.1) is 12.0 Å². The van der Waals surface area contributed by atoms with Crippen molar-refractivity contribution >= 4 is 17.3 Å². The molecule has 8 nitrogen and oxygen atoms in total. The molecule has 0 aliphatic rings.